The van der Waals surface area contributed by atoms with Crippen molar-refractivity contribution in [1.82, 2.24) is 30.7 Å². The van der Waals surface area contributed by atoms with E-state index in [0.717, 1.165) is 56.5 Å². The number of thiophene rings is 1. The Morgan fingerprint density at radius 2 is 1.74 bits per heavy atom. The van der Waals surface area contributed by atoms with Crippen molar-refractivity contribution >= 4 is 82.4 Å². The third-order valence-corrected chi connectivity index (χ3v) is 13.1. The Morgan fingerprint density at radius 3 is 2.47 bits per heavy atom. The highest BCUT2D eigenvalue weighted by Gasteiger charge is 2.40. The number of nitrogens with zero attached hydrogens (tertiary/aromatic N) is 5. The Morgan fingerprint density at radius 1 is 0.970 bits per heavy atom. The van der Waals surface area contributed by atoms with Crippen LogP contribution in [0.1, 0.15) is 109 Å². The number of amides is 6. The van der Waals surface area contributed by atoms with E-state index in [1.807, 2.05) is 30.9 Å². The van der Waals surface area contributed by atoms with Crippen molar-refractivity contribution in [2.75, 3.05) is 44.4 Å². The lowest BCUT2D eigenvalue weighted by molar-refractivity contribution is -0.137. The van der Waals surface area contributed by atoms with Gasteiger partial charge in [0.2, 0.25) is 29.6 Å². The zero-order chi connectivity index (χ0) is 47.3. The van der Waals surface area contributed by atoms with Crippen LogP contribution in [0.5, 0.6) is 5.75 Å². The number of benzene rings is 2. The summed E-state index contributed by atoms with van der Waals surface area (Å²) in [7, 11) is 3.25. The number of anilines is 2. The van der Waals surface area contributed by atoms with Crippen LogP contribution in [0.15, 0.2) is 70.0 Å². The molecule has 19 heteroatoms. The van der Waals surface area contributed by atoms with E-state index in [4.69, 9.17) is 21.3 Å². The summed E-state index contributed by atoms with van der Waals surface area (Å²) in [6.07, 6.45) is 6.83. The predicted molar refractivity (Wildman–Crippen MR) is 257 cm³/mol. The normalized spacial score (nSPS) is 17.5. The summed E-state index contributed by atoms with van der Waals surface area (Å²) in [6.45, 7) is 10.3. The molecule has 3 aromatic rings. The smallest absolute Gasteiger partial charge is 0.255 e. The molecule has 17 nitrogen and oxygen atoms in total. The number of carbonyl (C=O) groups is 6. The highest BCUT2D eigenvalue weighted by molar-refractivity contribution is 7.16. The molecule has 0 saturated carbocycles. The zero-order valence-corrected chi connectivity index (χ0v) is 39.5. The van der Waals surface area contributed by atoms with Crippen LogP contribution >= 0.6 is 22.9 Å². The van der Waals surface area contributed by atoms with Gasteiger partial charge in [-0.25, -0.2) is 4.99 Å². The van der Waals surface area contributed by atoms with Crippen LogP contribution in [0.3, 0.4) is 0 Å². The molecule has 6 rings (SSSR count). The van der Waals surface area contributed by atoms with E-state index in [-0.39, 0.29) is 54.9 Å². The van der Waals surface area contributed by atoms with Crippen molar-refractivity contribution in [3.63, 3.8) is 0 Å². The van der Waals surface area contributed by atoms with Crippen molar-refractivity contribution in [3.8, 4) is 5.75 Å². The fraction of sp³-hybridized carbons (Fsp3) is 0.447. The molecule has 2 atom stereocenters. The average molecular weight is 944 g/mol. The first-order valence-corrected chi connectivity index (χ1v) is 23.6. The quantitative estimate of drug-likeness (QED) is 0.0350. The second-order valence-electron chi connectivity index (χ2n) is 16.4. The number of allylic oxidation sites excluding steroid dienone is 1. The minimum Gasteiger partial charge on any atom is -0.495 e. The summed E-state index contributed by atoms with van der Waals surface area (Å²) in [6, 6.07) is 12.9. The number of methoxy groups -OCH3 is 1. The molecule has 66 heavy (non-hydrogen) atoms. The predicted octanol–water partition coefficient (Wildman–Crippen LogP) is 6.27. The number of ether oxygens (including phenoxy) is 1. The van der Waals surface area contributed by atoms with Gasteiger partial charge < -0.3 is 40.7 Å². The van der Waals surface area contributed by atoms with Crippen molar-refractivity contribution in [1.29, 1.82) is 0 Å². The van der Waals surface area contributed by atoms with E-state index in [1.165, 1.54) is 23.3 Å². The topological polar surface area (TPSA) is 206 Å². The van der Waals surface area contributed by atoms with Crippen LogP contribution in [0.4, 0.5) is 11.4 Å². The molecule has 352 valence electrons. The summed E-state index contributed by atoms with van der Waals surface area (Å²) >= 11 is 7.68. The van der Waals surface area contributed by atoms with Crippen LogP contribution in [0.2, 0.25) is 4.34 Å². The molecule has 2 aromatic carbocycles. The van der Waals surface area contributed by atoms with Gasteiger partial charge in [-0.15, -0.1) is 11.3 Å². The molecule has 1 fully saturated rings. The van der Waals surface area contributed by atoms with Gasteiger partial charge in [0, 0.05) is 60.2 Å². The minimum atomic E-state index is -0.710. The molecular formula is C47H59ClN10O7S. The largest absolute Gasteiger partial charge is 0.495 e. The molecule has 0 spiro atoms. The Bertz CT molecular complexity index is 2380. The van der Waals surface area contributed by atoms with E-state index in [2.05, 4.69) is 38.3 Å². The number of piperidine rings is 1. The van der Waals surface area contributed by atoms with Crippen LogP contribution in [0.25, 0.3) is 0 Å². The van der Waals surface area contributed by atoms with Crippen LogP contribution in [0, 0.1) is 0 Å². The number of guanidine groups is 1. The Hall–Kier alpha value is -6.11. The highest BCUT2D eigenvalue weighted by Crippen LogP contribution is 2.34. The van der Waals surface area contributed by atoms with Crippen LogP contribution in [-0.4, -0.2) is 109 Å². The summed E-state index contributed by atoms with van der Waals surface area (Å²) < 4.78 is 6.31. The number of aliphatic imine (C=N–C) groups is 2. The summed E-state index contributed by atoms with van der Waals surface area (Å²) in [4.78, 5) is 91.3. The zero-order valence-electron chi connectivity index (χ0n) is 38.0. The molecule has 1 unspecified atom stereocenters. The van der Waals surface area contributed by atoms with Gasteiger partial charge in [-0.3, -0.25) is 34.1 Å². The third kappa shape index (κ3) is 12.2. The fourth-order valence-electron chi connectivity index (χ4n) is 8.24. The first-order valence-electron chi connectivity index (χ1n) is 22.4. The van der Waals surface area contributed by atoms with E-state index >= 15 is 0 Å². The number of hydrogen-bond donors (Lipinski definition) is 5. The molecule has 4 heterocycles. The van der Waals surface area contributed by atoms with Gasteiger partial charge in [-0.05, 0) is 101 Å². The molecule has 0 bridgehead atoms. The maximum absolute atomic E-state index is 13.3. The minimum absolute atomic E-state index is 0.0224. The summed E-state index contributed by atoms with van der Waals surface area (Å²) in [5, 5.41) is 14.9. The molecule has 3 aliphatic heterocycles. The van der Waals surface area contributed by atoms with Gasteiger partial charge in [0.05, 0.1) is 29.4 Å². The lowest BCUT2D eigenvalue weighted by Gasteiger charge is -2.40. The maximum atomic E-state index is 13.3. The molecule has 6 amide bonds. The lowest BCUT2D eigenvalue weighted by Crippen LogP contribution is -2.52. The third-order valence-electron chi connectivity index (χ3n) is 11.9. The number of nitrogens with one attached hydrogen (secondary N) is 5. The number of fused-ring (bicyclic) bond motifs is 1. The van der Waals surface area contributed by atoms with E-state index < -0.39 is 18.0 Å². The van der Waals surface area contributed by atoms with Gasteiger partial charge in [0.25, 0.3) is 11.8 Å². The second-order valence-corrected chi connectivity index (χ2v) is 18.2. The number of rotatable bonds is 21. The average Bonchev–Trinajstić information content (AvgIpc) is 3.88. The van der Waals surface area contributed by atoms with E-state index in [0.29, 0.717) is 75.6 Å². The Kier molecular flexibility index (Phi) is 17.5. The summed E-state index contributed by atoms with van der Waals surface area (Å²) in [5.74, 6) is -0.273. The molecule has 0 radical (unpaired) electrons. The molecule has 0 aliphatic carbocycles. The summed E-state index contributed by atoms with van der Waals surface area (Å²) in [5.41, 5.74) is 3.35. The van der Waals surface area contributed by atoms with Crippen LogP contribution < -0.4 is 31.3 Å². The van der Waals surface area contributed by atoms with Gasteiger partial charge in [-0.1, -0.05) is 43.9 Å². The van der Waals surface area contributed by atoms with Crippen molar-refractivity contribution in [3.05, 3.63) is 86.0 Å². The highest BCUT2D eigenvalue weighted by atomic mass is 35.5. The number of likely N-dealkylation sites (N-methyl/N-ethyl adjacent to an activating group) is 1. The molecule has 5 N–H and O–H groups in total. The first kappa shape index (κ1) is 49.3. The standard InChI is InChI=1S/C47H59ClN10O7S/c1-6-36-46(64)56(4)29(2)42(57(36)27-31-18-21-39(48)66-31)55-47(49-3)53-35-19-17-30(26-38(35)65-5)43(61)51-25-13-24-50-23-11-9-7-8-10-16-40(59)52-34-15-12-14-32-33(34)28-58(45(32)63)37-20-22-41(60)54-44(37)62/h12,14-15,17-19,21,26,36-37,50H,3,6-11,13,16,20,22-25,27-28H2,1-2,4-5H3,(H,51,61)(H,52,59)(H,53,55)(H,54,60,62)/t36-,37?/m1/s1. The second kappa shape index (κ2) is 23.4. The lowest BCUT2D eigenvalue weighted by atomic mass is 10.0. The van der Waals surface area contributed by atoms with E-state index in [9.17, 15) is 28.8 Å². The van der Waals surface area contributed by atoms with Crippen molar-refractivity contribution in [2.45, 2.75) is 103 Å². The van der Waals surface area contributed by atoms with Crippen LogP contribution in [-0.2, 0) is 32.3 Å². The molecule has 1 saturated heterocycles. The molecule has 1 aromatic heterocycles. The molecule has 3 aliphatic rings. The van der Waals surface area contributed by atoms with Gasteiger partial charge in [-0.2, -0.15) is 4.99 Å². The van der Waals surface area contributed by atoms with Crippen molar-refractivity contribution < 1.29 is 33.5 Å². The fourth-order valence-corrected chi connectivity index (χ4v) is 9.33. The Labute approximate surface area is 394 Å². The van der Waals surface area contributed by atoms with Gasteiger partial charge >= 0.3 is 0 Å². The maximum Gasteiger partial charge on any atom is 0.255 e. The number of imide groups is 1. The SMILES string of the molecule is C=NC(=NC1=C(C)N(C)C(=O)[C@@H](CC)N1Cc1ccc(Cl)s1)Nc1ccc(C(=O)NCCCNCCCCCCCC(=O)Nc2cccc3c2CN(C2CCC(=O)NC2=O)C3=O)cc1OC. The number of hydrogen-bond acceptors (Lipinski definition) is 11. The first-order chi connectivity index (χ1) is 31.8. The van der Waals surface area contributed by atoms with Crippen molar-refractivity contribution in [2.24, 2.45) is 9.98 Å². The number of unbranched alkanes of at least 4 members (excludes halogenated alkanes) is 4. The molecular weight excluding hydrogens is 884 g/mol. The number of carbonyl (C=O) groups excluding carboxylic acids is 6. The van der Waals surface area contributed by atoms with Gasteiger partial charge in [0.1, 0.15) is 17.8 Å². The van der Waals surface area contributed by atoms with Gasteiger partial charge in [0.15, 0.2) is 5.82 Å². The monoisotopic (exact) mass is 942 g/mol. The number of halogens is 1. The Balaban J connectivity index is 0.870. The van der Waals surface area contributed by atoms with E-state index in [1.54, 1.807) is 48.3 Å².